The van der Waals surface area contributed by atoms with Gasteiger partial charge in [0.1, 0.15) is 10.8 Å². The van der Waals surface area contributed by atoms with Crippen LogP contribution in [0.4, 0.5) is 4.39 Å². The lowest BCUT2D eigenvalue weighted by Gasteiger charge is -1.99. The maximum absolute atomic E-state index is 13.3. The Morgan fingerprint density at radius 2 is 2.29 bits per heavy atom. The fourth-order valence-corrected chi connectivity index (χ4v) is 2.34. The molecule has 0 spiro atoms. The number of nitrogens with one attached hydrogen (secondary N) is 1. The molecule has 0 unspecified atom stereocenters. The highest BCUT2D eigenvalue weighted by molar-refractivity contribution is 7.13. The first-order valence-corrected chi connectivity index (χ1v) is 6.57. The number of aromatic nitrogens is 1. The molecule has 1 aromatic carbocycles. The number of hydrogen-bond donors (Lipinski definition) is 1. The quantitative estimate of drug-likeness (QED) is 0.916. The lowest BCUT2D eigenvalue weighted by molar-refractivity contribution is 0.629. The molecule has 0 atom stereocenters. The summed E-state index contributed by atoms with van der Waals surface area (Å²) in [5.41, 5.74) is 1.74. The van der Waals surface area contributed by atoms with Crippen LogP contribution in [0.2, 0.25) is 5.02 Å². The maximum atomic E-state index is 13.3. The van der Waals surface area contributed by atoms with E-state index in [0.717, 1.165) is 29.4 Å². The zero-order valence-electron chi connectivity index (χ0n) is 9.34. The summed E-state index contributed by atoms with van der Waals surface area (Å²) in [6.45, 7) is 3.69. The Morgan fingerprint density at radius 3 is 3.00 bits per heavy atom. The Hall–Kier alpha value is -0.970. The lowest BCUT2D eigenvalue weighted by Crippen LogP contribution is -2.11. The van der Waals surface area contributed by atoms with Gasteiger partial charge in [-0.2, -0.15) is 0 Å². The summed E-state index contributed by atoms with van der Waals surface area (Å²) < 4.78 is 13.3. The van der Waals surface area contributed by atoms with Crippen LogP contribution in [0.3, 0.4) is 0 Å². The van der Waals surface area contributed by atoms with Gasteiger partial charge in [-0.15, -0.1) is 11.3 Å². The van der Waals surface area contributed by atoms with Crippen molar-refractivity contribution in [3.8, 4) is 10.6 Å². The van der Waals surface area contributed by atoms with Crippen molar-refractivity contribution in [2.45, 2.75) is 13.5 Å². The second-order valence-corrected chi connectivity index (χ2v) is 4.82. The Kier molecular flexibility index (Phi) is 4.10. The van der Waals surface area contributed by atoms with E-state index in [2.05, 4.69) is 10.3 Å². The van der Waals surface area contributed by atoms with Gasteiger partial charge in [0.05, 0.1) is 10.7 Å². The van der Waals surface area contributed by atoms with Gasteiger partial charge in [-0.05, 0) is 18.7 Å². The summed E-state index contributed by atoms with van der Waals surface area (Å²) in [5, 5.41) is 6.13. The topological polar surface area (TPSA) is 24.9 Å². The molecule has 1 N–H and O–H groups in total. The van der Waals surface area contributed by atoms with Crippen LogP contribution in [0.1, 0.15) is 12.6 Å². The second-order valence-electron chi connectivity index (χ2n) is 3.55. The summed E-state index contributed by atoms with van der Waals surface area (Å²) in [6, 6.07) is 4.75. The van der Waals surface area contributed by atoms with Crippen LogP contribution in [0.15, 0.2) is 23.6 Å². The average molecular weight is 271 g/mol. The van der Waals surface area contributed by atoms with E-state index in [-0.39, 0.29) is 5.02 Å². The van der Waals surface area contributed by atoms with E-state index >= 15 is 0 Å². The third kappa shape index (κ3) is 3.03. The molecule has 0 aliphatic carbocycles. The van der Waals surface area contributed by atoms with E-state index in [9.17, 15) is 4.39 Å². The first kappa shape index (κ1) is 12.5. The van der Waals surface area contributed by atoms with Crippen LogP contribution in [-0.4, -0.2) is 11.5 Å². The molecule has 0 fully saturated rings. The minimum absolute atomic E-state index is 0.137. The third-order valence-corrected chi connectivity index (χ3v) is 3.52. The minimum atomic E-state index is -0.410. The predicted octanol–water partition coefficient (Wildman–Crippen LogP) is 3.71. The molecule has 2 aromatic rings. The summed E-state index contributed by atoms with van der Waals surface area (Å²) in [6.07, 6.45) is 0. The Balaban J connectivity index is 2.21. The van der Waals surface area contributed by atoms with Crippen molar-refractivity contribution >= 4 is 22.9 Å². The molecular weight excluding hydrogens is 259 g/mol. The van der Waals surface area contributed by atoms with Crippen molar-refractivity contribution in [1.82, 2.24) is 10.3 Å². The molecule has 0 amide bonds. The van der Waals surface area contributed by atoms with Crippen molar-refractivity contribution < 1.29 is 4.39 Å². The molecule has 0 aliphatic rings. The highest BCUT2D eigenvalue weighted by Crippen LogP contribution is 2.26. The standard InChI is InChI=1S/C12H12ClFN2S/c1-2-15-6-9-7-17-12(16-9)8-3-4-10(13)11(14)5-8/h3-5,7,15H,2,6H2,1H3. The minimum Gasteiger partial charge on any atom is -0.311 e. The maximum Gasteiger partial charge on any atom is 0.142 e. The number of nitrogens with zero attached hydrogens (tertiary/aromatic N) is 1. The largest absolute Gasteiger partial charge is 0.311 e. The molecule has 5 heteroatoms. The summed E-state index contributed by atoms with van der Waals surface area (Å²) in [4.78, 5) is 4.44. The van der Waals surface area contributed by atoms with E-state index in [0.29, 0.717) is 0 Å². The van der Waals surface area contributed by atoms with Crippen molar-refractivity contribution in [2.24, 2.45) is 0 Å². The molecule has 1 aromatic heterocycles. The molecule has 0 saturated heterocycles. The average Bonchev–Trinajstić information content (AvgIpc) is 2.79. The van der Waals surface area contributed by atoms with Crippen molar-refractivity contribution in [2.75, 3.05) is 6.54 Å². The van der Waals surface area contributed by atoms with Crippen LogP contribution in [0.25, 0.3) is 10.6 Å². The van der Waals surface area contributed by atoms with Gasteiger partial charge in [0.15, 0.2) is 0 Å². The third-order valence-electron chi connectivity index (χ3n) is 2.27. The molecule has 17 heavy (non-hydrogen) atoms. The Morgan fingerprint density at radius 1 is 1.47 bits per heavy atom. The van der Waals surface area contributed by atoms with Crippen LogP contribution < -0.4 is 5.32 Å². The van der Waals surface area contributed by atoms with Gasteiger partial charge in [0.2, 0.25) is 0 Å². The Bertz CT molecular complexity index is 513. The number of rotatable bonds is 4. The van der Waals surface area contributed by atoms with Gasteiger partial charge < -0.3 is 5.32 Å². The molecule has 0 bridgehead atoms. The van der Waals surface area contributed by atoms with Gasteiger partial charge >= 0.3 is 0 Å². The monoisotopic (exact) mass is 270 g/mol. The fourth-order valence-electron chi connectivity index (χ4n) is 1.40. The van der Waals surface area contributed by atoms with Crippen LogP contribution >= 0.6 is 22.9 Å². The van der Waals surface area contributed by atoms with Crippen molar-refractivity contribution in [1.29, 1.82) is 0 Å². The van der Waals surface area contributed by atoms with Gasteiger partial charge in [-0.3, -0.25) is 0 Å². The Labute approximate surface area is 108 Å². The molecule has 0 aliphatic heterocycles. The normalized spacial score (nSPS) is 10.8. The van der Waals surface area contributed by atoms with Gasteiger partial charge in [0, 0.05) is 17.5 Å². The predicted molar refractivity (Wildman–Crippen MR) is 69.9 cm³/mol. The van der Waals surface area contributed by atoms with Gasteiger partial charge in [-0.25, -0.2) is 9.37 Å². The number of halogens is 2. The molecule has 2 nitrogen and oxygen atoms in total. The number of benzene rings is 1. The smallest absolute Gasteiger partial charge is 0.142 e. The fraction of sp³-hybridized carbons (Fsp3) is 0.250. The second kappa shape index (κ2) is 5.58. The molecule has 2 rings (SSSR count). The number of hydrogen-bond acceptors (Lipinski definition) is 3. The van der Waals surface area contributed by atoms with E-state index in [4.69, 9.17) is 11.6 Å². The molecule has 1 heterocycles. The van der Waals surface area contributed by atoms with Gasteiger partial charge in [0.25, 0.3) is 0 Å². The zero-order valence-corrected chi connectivity index (χ0v) is 10.9. The van der Waals surface area contributed by atoms with Crippen molar-refractivity contribution in [3.05, 3.63) is 40.1 Å². The molecule has 0 radical (unpaired) electrons. The van der Waals surface area contributed by atoms with E-state index in [1.807, 2.05) is 12.3 Å². The summed E-state index contributed by atoms with van der Waals surface area (Å²) in [5.74, 6) is -0.410. The van der Waals surface area contributed by atoms with Crippen LogP contribution in [-0.2, 0) is 6.54 Å². The van der Waals surface area contributed by atoms with Crippen molar-refractivity contribution in [3.63, 3.8) is 0 Å². The molecule has 0 saturated carbocycles. The SMILES string of the molecule is CCNCc1csc(-c2ccc(Cl)c(F)c2)n1. The summed E-state index contributed by atoms with van der Waals surface area (Å²) in [7, 11) is 0. The molecule has 90 valence electrons. The highest BCUT2D eigenvalue weighted by Gasteiger charge is 2.07. The van der Waals surface area contributed by atoms with E-state index in [1.165, 1.54) is 17.4 Å². The highest BCUT2D eigenvalue weighted by atomic mass is 35.5. The molecular formula is C12H12ClFN2S. The lowest BCUT2D eigenvalue weighted by atomic mass is 10.2. The first-order chi connectivity index (χ1) is 8.20. The zero-order chi connectivity index (χ0) is 12.3. The van der Waals surface area contributed by atoms with Gasteiger partial charge in [-0.1, -0.05) is 24.6 Å². The van der Waals surface area contributed by atoms with Crippen LogP contribution in [0.5, 0.6) is 0 Å². The van der Waals surface area contributed by atoms with E-state index in [1.54, 1.807) is 12.1 Å². The summed E-state index contributed by atoms with van der Waals surface area (Å²) >= 11 is 7.15. The first-order valence-electron chi connectivity index (χ1n) is 5.31. The number of thiazole rings is 1. The van der Waals surface area contributed by atoms with Crippen LogP contribution in [0, 0.1) is 5.82 Å². The van der Waals surface area contributed by atoms with E-state index < -0.39 is 5.82 Å².